The Hall–Kier alpha value is -3.39. The van der Waals surface area contributed by atoms with E-state index in [4.69, 9.17) is 4.74 Å². The highest BCUT2D eigenvalue weighted by Crippen LogP contribution is 2.24. The van der Waals surface area contributed by atoms with Crippen LogP contribution in [0.25, 0.3) is 11.3 Å². The van der Waals surface area contributed by atoms with Crippen LogP contribution in [0.15, 0.2) is 59.1 Å². The highest BCUT2D eigenvalue weighted by molar-refractivity contribution is 9.10. The first-order valence-electron chi connectivity index (χ1n) is 9.74. The lowest BCUT2D eigenvalue weighted by molar-refractivity contribution is 0.102. The number of carbonyl (C=O) groups excluding carboxylic acids is 1. The van der Waals surface area contributed by atoms with E-state index in [0.29, 0.717) is 23.6 Å². The zero-order valence-corrected chi connectivity index (χ0v) is 19.0. The molecule has 0 aliphatic heterocycles. The Balaban J connectivity index is 1.48. The number of nitrogens with zero attached hydrogens (tertiary/aromatic N) is 3. The third-order valence-corrected chi connectivity index (χ3v) is 6.15. The van der Waals surface area contributed by atoms with Crippen LogP contribution in [0.5, 0.6) is 5.75 Å². The second kappa shape index (κ2) is 8.77. The first-order chi connectivity index (χ1) is 14.9. The van der Waals surface area contributed by atoms with Crippen molar-refractivity contribution in [2.45, 2.75) is 20.4 Å². The molecule has 0 fully saturated rings. The number of hydrogen-bond donors (Lipinski definition) is 2. The van der Waals surface area contributed by atoms with Crippen molar-refractivity contribution in [3.8, 4) is 17.0 Å². The van der Waals surface area contributed by atoms with E-state index >= 15 is 0 Å². The van der Waals surface area contributed by atoms with Crippen LogP contribution in [0, 0.1) is 13.8 Å². The summed E-state index contributed by atoms with van der Waals surface area (Å²) in [5.41, 5.74) is 5.69. The summed E-state index contributed by atoms with van der Waals surface area (Å²) in [5, 5.41) is 14.5. The number of amides is 1. The summed E-state index contributed by atoms with van der Waals surface area (Å²) in [5.74, 6) is 0.477. The monoisotopic (exact) mass is 479 g/mol. The number of aryl methyl sites for hydroxylation is 1. The quantitative estimate of drug-likeness (QED) is 0.409. The molecule has 4 rings (SSSR count). The standard InChI is InChI=1S/C23H22BrN5O2/c1-14-22(24)15(2)29(28-14)13-16-6-4-8-18(10-16)25-23(30)21-12-20(26-27-21)17-7-5-9-19(11-17)31-3/h4-12H,13H2,1-3H3,(H,25,30)(H,26,27). The molecule has 0 bridgehead atoms. The molecule has 2 N–H and O–H groups in total. The fourth-order valence-electron chi connectivity index (χ4n) is 3.32. The number of halogens is 1. The number of aromatic nitrogens is 4. The fraction of sp³-hybridized carbons (Fsp3) is 0.174. The van der Waals surface area contributed by atoms with Crippen molar-refractivity contribution in [3.63, 3.8) is 0 Å². The molecule has 0 saturated heterocycles. The predicted molar refractivity (Wildman–Crippen MR) is 123 cm³/mol. The Kier molecular flexibility index (Phi) is 5.90. The van der Waals surface area contributed by atoms with E-state index in [1.165, 1.54) is 0 Å². The molecular weight excluding hydrogens is 458 g/mol. The number of hydrogen-bond acceptors (Lipinski definition) is 4. The van der Waals surface area contributed by atoms with Crippen molar-refractivity contribution in [2.75, 3.05) is 12.4 Å². The third kappa shape index (κ3) is 4.54. The van der Waals surface area contributed by atoms with E-state index in [1.807, 2.05) is 67.1 Å². The van der Waals surface area contributed by atoms with Gasteiger partial charge in [-0.05, 0) is 65.7 Å². The number of nitrogens with one attached hydrogen (secondary N) is 2. The molecule has 2 aromatic heterocycles. The summed E-state index contributed by atoms with van der Waals surface area (Å²) in [6.07, 6.45) is 0. The van der Waals surface area contributed by atoms with Gasteiger partial charge in [-0.1, -0.05) is 24.3 Å². The summed E-state index contributed by atoms with van der Waals surface area (Å²) in [4.78, 5) is 12.7. The number of ether oxygens (including phenoxy) is 1. The largest absolute Gasteiger partial charge is 0.497 e. The number of H-pyrrole nitrogens is 1. The molecule has 0 radical (unpaired) electrons. The van der Waals surface area contributed by atoms with Gasteiger partial charge >= 0.3 is 0 Å². The Bertz CT molecular complexity index is 1240. The summed E-state index contributed by atoms with van der Waals surface area (Å²) < 4.78 is 8.21. The van der Waals surface area contributed by atoms with Gasteiger partial charge in [-0.2, -0.15) is 10.2 Å². The Morgan fingerprint density at radius 3 is 2.71 bits per heavy atom. The maximum atomic E-state index is 12.7. The van der Waals surface area contributed by atoms with E-state index < -0.39 is 0 Å². The molecule has 0 unspecified atom stereocenters. The first-order valence-corrected chi connectivity index (χ1v) is 10.5. The molecule has 0 aliphatic carbocycles. The summed E-state index contributed by atoms with van der Waals surface area (Å²) in [6, 6.07) is 17.0. The summed E-state index contributed by atoms with van der Waals surface area (Å²) in [7, 11) is 1.62. The summed E-state index contributed by atoms with van der Waals surface area (Å²) >= 11 is 3.56. The lowest BCUT2D eigenvalue weighted by Gasteiger charge is -2.08. The van der Waals surface area contributed by atoms with Crippen molar-refractivity contribution in [2.24, 2.45) is 0 Å². The molecule has 4 aromatic rings. The number of anilines is 1. The van der Waals surface area contributed by atoms with Gasteiger partial charge in [-0.3, -0.25) is 14.6 Å². The van der Waals surface area contributed by atoms with Crippen molar-refractivity contribution in [1.82, 2.24) is 20.0 Å². The second-order valence-corrected chi connectivity index (χ2v) is 7.99. The normalized spacial score (nSPS) is 10.8. The lowest BCUT2D eigenvalue weighted by atomic mass is 10.1. The van der Waals surface area contributed by atoms with Gasteiger partial charge in [0.1, 0.15) is 11.4 Å². The number of aromatic amines is 1. The van der Waals surface area contributed by atoms with Gasteiger partial charge in [0.25, 0.3) is 5.91 Å². The van der Waals surface area contributed by atoms with Crippen LogP contribution in [0.2, 0.25) is 0 Å². The third-order valence-electron chi connectivity index (χ3n) is 5.00. The average molecular weight is 480 g/mol. The highest BCUT2D eigenvalue weighted by Gasteiger charge is 2.13. The minimum Gasteiger partial charge on any atom is -0.497 e. The van der Waals surface area contributed by atoms with E-state index in [1.54, 1.807) is 13.2 Å². The molecule has 2 heterocycles. The van der Waals surface area contributed by atoms with Crippen molar-refractivity contribution >= 4 is 27.5 Å². The molecule has 7 nitrogen and oxygen atoms in total. The van der Waals surface area contributed by atoms with Crippen LogP contribution >= 0.6 is 15.9 Å². The Morgan fingerprint density at radius 2 is 1.97 bits per heavy atom. The fourth-order valence-corrected chi connectivity index (χ4v) is 3.60. The zero-order chi connectivity index (χ0) is 22.0. The van der Waals surface area contributed by atoms with Gasteiger partial charge in [0.05, 0.1) is 35.2 Å². The number of methoxy groups -OCH3 is 1. The maximum absolute atomic E-state index is 12.7. The minimum atomic E-state index is -0.257. The van der Waals surface area contributed by atoms with Crippen LogP contribution < -0.4 is 10.1 Å². The first kappa shape index (κ1) is 20.9. The molecule has 0 spiro atoms. The molecule has 0 saturated carbocycles. The molecule has 0 aliphatic rings. The number of rotatable bonds is 6. The highest BCUT2D eigenvalue weighted by atomic mass is 79.9. The minimum absolute atomic E-state index is 0.257. The second-order valence-electron chi connectivity index (χ2n) is 7.20. The van der Waals surface area contributed by atoms with Gasteiger partial charge in [0, 0.05) is 11.3 Å². The predicted octanol–water partition coefficient (Wildman–Crippen LogP) is 4.96. The van der Waals surface area contributed by atoms with Gasteiger partial charge in [-0.15, -0.1) is 0 Å². The zero-order valence-electron chi connectivity index (χ0n) is 17.4. The van der Waals surface area contributed by atoms with Gasteiger partial charge in [-0.25, -0.2) is 0 Å². The molecular formula is C23H22BrN5O2. The molecule has 158 valence electrons. The van der Waals surface area contributed by atoms with E-state index in [2.05, 4.69) is 36.5 Å². The topological polar surface area (TPSA) is 84.8 Å². The van der Waals surface area contributed by atoms with Crippen LogP contribution in [0.3, 0.4) is 0 Å². The van der Waals surface area contributed by atoms with Gasteiger partial charge < -0.3 is 10.1 Å². The molecule has 0 atom stereocenters. The number of carbonyl (C=O) groups is 1. The van der Waals surface area contributed by atoms with Gasteiger partial charge in [0.15, 0.2) is 0 Å². The van der Waals surface area contributed by atoms with E-state index in [9.17, 15) is 4.79 Å². The Labute approximate surface area is 188 Å². The van der Waals surface area contributed by atoms with Gasteiger partial charge in [0.2, 0.25) is 0 Å². The molecule has 8 heteroatoms. The van der Waals surface area contributed by atoms with E-state index in [-0.39, 0.29) is 5.91 Å². The van der Waals surface area contributed by atoms with Crippen LogP contribution in [-0.2, 0) is 6.54 Å². The summed E-state index contributed by atoms with van der Waals surface area (Å²) in [6.45, 7) is 4.61. The van der Waals surface area contributed by atoms with Crippen LogP contribution in [-0.4, -0.2) is 33.0 Å². The average Bonchev–Trinajstić information content (AvgIpc) is 3.36. The molecule has 31 heavy (non-hydrogen) atoms. The smallest absolute Gasteiger partial charge is 0.273 e. The maximum Gasteiger partial charge on any atom is 0.273 e. The van der Waals surface area contributed by atoms with Crippen molar-refractivity contribution in [3.05, 3.63) is 81.7 Å². The number of benzene rings is 2. The lowest BCUT2D eigenvalue weighted by Crippen LogP contribution is -2.13. The van der Waals surface area contributed by atoms with Crippen molar-refractivity contribution < 1.29 is 9.53 Å². The molecule has 2 aromatic carbocycles. The molecule has 1 amide bonds. The SMILES string of the molecule is COc1cccc(-c2cc(C(=O)Nc3cccc(Cn4nc(C)c(Br)c4C)c3)[nH]n2)c1. The van der Waals surface area contributed by atoms with Crippen LogP contribution in [0.4, 0.5) is 5.69 Å². The van der Waals surface area contributed by atoms with Crippen molar-refractivity contribution in [1.29, 1.82) is 0 Å². The Morgan fingerprint density at radius 1 is 1.16 bits per heavy atom. The van der Waals surface area contributed by atoms with Crippen LogP contribution in [0.1, 0.15) is 27.4 Å². The van der Waals surface area contributed by atoms with E-state index in [0.717, 1.165) is 32.7 Å².